The molecule has 0 fully saturated rings. The van der Waals surface area contributed by atoms with Gasteiger partial charge in [-0.3, -0.25) is 14.6 Å². The van der Waals surface area contributed by atoms with Gasteiger partial charge in [0.2, 0.25) is 5.91 Å². The van der Waals surface area contributed by atoms with E-state index in [1.165, 1.54) is 4.90 Å². The lowest BCUT2D eigenvalue weighted by Gasteiger charge is -2.20. The molecule has 1 unspecified atom stereocenters. The van der Waals surface area contributed by atoms with Crippen molar-refractivity contribution >= 4 is 11.9 Å². The van der Waals surface area contributed by atoms with Crippen LogP contribution in [0, 0.1) is 5.92 Å². The molecule has 98 valence electrons. The molecule has 0 saturated carbocycles. The Morgan fingerprint density at radius 3 is 2.50 bits per heavy atom. The molecule has 5 nitrogen and oxygen atoms in total. The average Bonchev–Trinajstić information content (AvgIpc) is 2.37. The van der Waals surface area contributed by atoms with Crippen molar-refractivity contribution in [3.63, 3.8) is 0 Å². The Bertz CT molecular complexity index is 406. The molecule has 1 amide bonds. The number of hydrogen-bond donors (Lipinski definition) is 1. The number of nitrogens with zero attached hydrogens (tertiary/aromatic N) is 2. The Hall–Kier alpha value is -1.91. The SMILES string of the molecule is CCC(C(=O)O)C(=O)N(C)CCc1ccncc1. The molecule has 5 heteroatoms. The van der Waals surface area contributed by atoms with Gasteiger partial charge in [-0.25, -0.2) is 0 Å². The molecule has 0 saturated heterocycles. The Kier molecular flexibility index (Phi) is 5.30. The van der Waals surface area contributed by atoms with Crippen molar-refractivity contribution in [1.29, 1.82) is 0 Å². The summed E-state index contributed by atoms with van der Waals surface area (Å²) in [5.74, 6) is -2.33. The van der Waals surface area contributed by atoms with Crippen LogP contribution in [0.1, 0.15) is 18.9 Å². The van der Waals surface area contributed by atoms with Crippen LogP contribution in [-0.4, -0.2) is 40.5 Å². The highest BCUT2D eigenvalue weighted by Crippen LogP contribution is 2.08. The van der Waals surface area contributed by atoms with Crippen LogP contribution in [0.2, 0.25) is 0 Å². The molecule has 0 aromatic carbocycles. The fraction of sp³-hybridized carbons (Fsp3) is 0.462. The zero-order valence-corrected chi connectivity index (χ0v) is 10.7. The van der Waals surface area contributed by atoms with E-state index in [0.29, 0.717) is 19.4 Å². The second-order valence-electron chi connectivity index (χ2n) is 4.16. The van der Waals surface area contributed by atoms with Gasteiger partial charge in [-0.1, -0.05) is 6.92 Å². The van der Waals surface area contributed by atoms with Crippen LogP contribution in [0.15, 0.2) is 24.5 Å². The molecule has 1 N–H and O–H groups in total. The summed E-state index contributed by atoms with van der Waals surface area (Å²) < 4.78 is 0. The maximum absolute atomic E-state index is 11.9. The van der Waals surface area contributed by atoms with E-state index < -0.39 is 11.9 Å². The standard InChI is InChI=1S/C13H18N2O3/c1-3-11(13(17)18)12(16)15(2)9-6-10-4-7-14-8-5-10/h4-5,7-8,11H,3,6,9H2,1-2H3,(H,17,18). The van der Waals surface area contributed by atoms with Gasteiger partial charge in [-0.05, 0) is 30.5 Å². The molecule has 0 aliphatic rings. The summed E-state index contributed by atoms with van der Waals surface area (Å²) in [5, 5.41) is 8.92. The van der Waals surface area contributed by atoms with Crippen molar-refractivity contribution in [2.45, 2.75) is 19.8 Å². The molecular formula is C13H18N2O3. The number of hydrogen-bond acceptors (Lipinski definition) is 3. The van der Waals surface area contributed by atoms with Gasteiger partial charge < -0.3 is 10.0 Å². The first-order valence-corrected chi connectivity index (χ1v) is 5.93. The monoisotopic (exact) mass is 250 g/mol. The quantitative estimate of drug-likeness (QED) is 0.770. The number of likely N-dealkylation sites (N-methyl/N-ethyl adjacent to an activating group) is 1. The summed E-state index contributed by atoms with van der Waals surface area (Å²) in [7, 11) is 1.63. The molecule has 0 spiro atoms. The van der Waals surface area contributed by atoms with E-state index in [1.807, 2.05) is 12.1 Å². The summed E-state index contributed by atoms with van der Waals surface area (Å²) in [6.07, 6.45) is 4.40. The fourth-order valence-electron chi connectivity index (χ4n) is 1.68. The molecule has 1 atom stereocenters. The normalized spacial score (nSPS) is 11.9. The molecule has 0 radical (unpaired) electrons. The van der Waals surface area contributed by atoms with E-state index in [4.69, 9.17) is 5.11 Å². The van der Waals surface area contributed by atoms with Crippen LogP contribution in [-0.2, 0) is 16.0 Å². The second kappa shape index (κ2) is 6.74. The molecule has 1 heterocycles. The third-order valence-corrected chi connectivity index (χ3v) is 2.87. The maximum Gasteiger partial charge on any atom is 0.316 e. The lowest BCUT2D eigenvalue weighted by Crippen LogP contribution is -2.37. The Morgan fingerprint density at radius 1 is 1.39 bits per heavy atom. The zero-order chi connectivity index (χ0) is 13.5. The van der Waals surface area contributed by atoms with E-state index in [-0.39, 0.29) is 5.91 Å². The number of carboxylic acid groups (broad SMARTS) is 1. The minimum Gasteiger partial charge on any atom is -0.481 e. The predicted octanol–water partition coefficient (Wildman–Crippen LogP) is 1.19. The lowest BCUT2D eigenvalue weighted by molar-refractivity contribution is -0.150. The van der Waals surface area contributed by atoms with Crippen molar-refractivity contribution in [2.24, 2.45) is 5.92 Å². The zero-order valence-electron chi connectivity index (χ0n) is 10.7. The summed E-state index contributed by atoms with van der Waals surface area (Å²) in [6, 6.07) is 3.76. The molecule has 1 aromatic heterocycles. The van der Waals surface area contributed by atoms with E-state index in [2.05, 4.69) is 4.98 Å². The van der Waals surface area contributed by atoms with E-state index in [0.717, 1.165) is 5.56 Å². The van der Waals surface area contributed by atoms with Gasteiger partial charge in [0.25, 0.3) is 0 Å². The molecule has 18 heavy (non-hydrogen) atoms. The number of carbonyl (C=O) groups excluding carboxylic acids is 1. The molecule has 0 aliphatic heterocycles. The van der Waals surface area contributed by atoms with Gasteiger partial charge >= 0.3 is 5.97 Å². The van der Waals surface area contributed by atoms with E-state index in [1.54, 1.807) is 26.4 Å². The minimum atomic E-state index is -1.06. The Balaban J connectivity index is 2.52. The third kappa shape index (κ3) is 3.84. The number of amides is 1. The smallest absolute Gasteiger partial charge is 0.316 e. The lowest BCUT2D eigenvalue weighted by atomic mass is 10.1. The summed E-state index contributed by atoms with van der Waals surface area (Å²) in [4.78, 5) is 28.2. The van der Waals surface area contributed by atoms with Crippen LogP contribution in [0.4, 0.5) is 0 Å². The van der Waals surface area contributed by atoms with Crippen molar-refractivity contribution in [2.75, 3.05) is 13.6 Å². The number of carboxylic acids is 1. The van der Waals surface area contributed by atoms with Crippen molar-refractivity contribution in [3.05, 3.63) is 30.1 Å². The number of aromatic nitrogens is 1. The van der Waals surface area contributed by atoms with Gasteiger partial charge in [-0.15, -0.1) is 0 Å². The van der Waals surface area contributed by atoms with Gasteiger partial charge in [0.1, 0.15) is 5.92 Å². The van der Waals surface area contributed by atoms with Gasteiger partial charge in [0.05, 0.1) is 0 Å². The number of aliphatic carboxylic acids is 1. The van der Waals surface area contributed by atoms with E-state index >= 15 is 0 Å². The first kappa shape index (κ1) is 14.2. The summed E-state index contributed by atoms with van der Waals surface area (Å²) in [5.41, 5.74) is 1.08. The number of carbonyl (C=O) groups is 2. The van der Waals surface area contributed by atoms with Crippen LogP contribution >= 0.6 is 0 Å². The van der Waals surface area contributed by atoms with Crippen LogP contribution in [0.5, 0.6) is 0 Å². The largest absolute Gasteiger partial charge is 0.481 e. The van der Waals surface area contributed by atoms with E-state index in [9.17, 15) is 9.59 Å². The van der Waals surface area contributed by atoms with Crippen LogP contribution < -0.4 is 0 Å². The fourth-order valence-corrected chi connectivity index (χ4v) is 1.68. The third-order valence-electron chi connectivity index (χ3n) is 2.87. The van der Waals surface area contributed by atoms with Crippen molar-refractivity contribution in [3.8, 4) is 0 Å². The molecule has 0 aliphatic carbocycles. The topological polar surface area (TPSA) is 70.5 Å². The van der Waals surface area contributed by atoms with Crippen LogP contribution in [0.25, 0.3) is 0 Å². The molecular weight excluding hydrogens is 232 g/mol. The van der Waals surface area contributed by atoms with Gasteiger partial charge in [0, 0.05) is 26.0 Å². The molecule has 0 bridgehead atoms. The minimum absolute atomic E-state index is 0.313. The summed E-state index contributed by atoms with van der Waals surface area (Å²) in [6.45, 7) is 2.21. The highest BCUT2D eigenvalue weighted by molar-refractivity contribution is 5.96. The van der Waals surface area contributed by atoms with Crippen LogP contribution in [0.3, 0.4) is 0 Å². The second-order valence-corrected chi connectivity index (χ2v) is 4.16. The highest BCUT2D eigenvalue weighted by atomic mass is 16.4. The molecule has 1 rings (SSSR count). The molecule has 1 aromatic rings. The Labute approximate surface area is 106 Å². The summed E-state index contributed by atoms with van der Waals surface area (Å²) >= 11 is 0. The number of pyridine rings is 1. The number of rotatable bonds is 6. The maximum atomic E-state index is 11.9. The van der Waals surface area contributed by atoms with Crippen molar-refractivity contribution in [1.82, 2.24) is 9.88 Å². The predicted molar refractivity (Wildman–Crippen MR) is 67.0 cm³/mol. The Morgan fingerprint density at radius 2 is 2.00 bits per heavy atom. The van der Waals surface area contributed by atoms with Gasteiger partial charge in [0.15, 0.2) is 0 Å². The average molecular weight is 250 g/mol. The highest BCUT2D eigenvalue weighted by Gasteiger charge is 2.26. The first-order valence-electron chi connectivity index (χ1n) is 5.93. The van der Waals surface area contributed by atoms with Gasteiger partial charge in [-0.2, -0.15) is 0 Å². The van der Waals surface area contributed by atoms with Crippen molar-refractivity contribution < 1.29 is 14.7 Å². The first-order chi connectivity index (χ1) is 8.56.